The molecule has 6 heteroatoms. The molecule has 0 atom stereocenters. The van der Waals surface area contributed by atoms with Gasteiger partial charge in [0.2, 0.25) is 0 Å². The normalized spacial score (nSPS) is 10.8. The molecular weight excluding hydrogens is 502 g/mol. The summed E-state index contributed by atoms with van der Waals surface area (Å²) in [4.78, 5) is 36.4. The molecule has 0 spiro atoms. The Kier molecular flexibility index (Phi) is 7.69. The van der Waals surface area contributed by atoms with Crippen LogP contribution in [0, 0.1) is 0 Å². The summed E-state index contributed by atoms with van der Waals surface area (Å²) in [6, 6.07) is 35.7. The molecule has 0 saturated carbocycles. The minimum Gasteiger partial charge on any atom is -0.427 e. The lowest BCUT2D eigenvalue weighted by Gasteiger charge is -2.23. The third-order valence-corrected chi connectivity index (χ3v) is 6.50. The van der Waals surface area contributed by atoms with Crippen LogP contribution in [0.1, 0.15) is 46.8 Å². The number of amides is 1. The number of hydrogen-bond donors (Lipinski definition) is 1. The zero-order chi connectivity index (χ0) is 28.1. The van der Waals surface area contributed by atoms with Gasteiger partial charge in [-0.05, 0) is 63.9 Å². The largest absolute Gasteiger partial charge is 0.427 e. The maximum atomic E-state index is 13.6. The number of carbonyl (C=O) groups excluding carboxylic acids is 3. The highest BCUT2D eigenvalue weighted by atomic mass is 16.5. The number of carbonyl (C=O) groups is 3. The lowest BCUT2D eigenvalue weighted by Crippen LogP contribution is -2.15. The summed E-state index contributed by atoms with van der Waals surface area (Å²) < 4.78 is 10.5. The molecule has 0 heterocycles. The number of para-hydroxylation sites is 1. The maximum absolute atomic E-state index is 13.6. The van der Waals surface area contributed by atoms with Gasteiger partial charge < -0.3 is 14.8 Å². The first kappa shape index (κ1) is 26.4. The molecule has 0 fully saturated rings. The minimum absolute atomic E-state index is 0.210. The second-order valence-corrected chi connectivity index (χ2v) is 9.33. The number of esters is 2. The van der Waals surface area contributed by atoms with Crippen LogP contribution in [-0.4, -0.2) is 17.8 Å². The van der Waals surface area contributed by atoms with Crippen molar-refractivity contribution in [3.05, 3.63) is 138 Å². The Morgan fingerprint density at radius 1 is 0.600 bits per heavy atom. The Labute approximate surface area is 232 Å². The van der Waals surface area contributed by atoms with Crippen molar-refractivity contribution in [3.63, 3.8) is 0 Å². The molecule has 5 aromatic carbocycles. The molecular formula is C34H27NO5. The van der Waals surface area contributed by atoms with Crippen LogP contribution in [0.15, 0.2) is 115 Å². The van der Waals surface area contributed by atoms with E-state index in [-0.39, 0.29) is 11.8 Å². The summed E-state index contributed by atoms with van der Waals surface area (Å²) in [6.45, 7) is 2.71. The van der Waals surface area contributed by atoms with Gasteiger partial charge in [-0.2, -0.15) is 0 Å². The van der Waals surface area contributed by atoms with E-state index in [4.69, 9.17) is 9.47 Å². The summed E-state index contributed by atoms with van der Waals surface area (Å²) in [6.07, 6.45) is 0. The van der Waals surface area contributed by atoms with Gasteiger partial charge in [0.25, 0.3) is 5.91 Å². The Morgan fingerprint density at radius 3 is 1.73 bits per heavy atom. The van der Waals surface area contributed by atoms with Crippen molar-refractivity contribution in [1.82, 2.24) is 0 Å². The predicted octanol–water partition coefficient (Wildman–Crippen LogP) is 7.12. The van der Waals surface area contributed by atoms with Gasteiger partial charge in [-0.3, -0.25) is 14.4 Å². The average Bonchev–Trinajstić information content (AvgIpc) is 2.95. The minimum atomic E-state index is -0.396. The van der Waals surface area contributed by atoms with Gasteiger partial charge in [-0.25, -0.2) is 0 Å². The van der Waals surface area contributed by atoms with Crippen LogP contribution < -0.4 is 14.8 Å². The van der Waals surface area contributed by atoms with E-state index < -0.39 is 11.9 Å². The quantitative estimate of drug-likeness (QED) is 0.138. The third kappa shape index (κ3) is 5.92. The Bertz CT molecular complexity index is 1630. The van der Waals surface area contributed by atoms with E-state index in [0.29, 0.717) is 22.7 Å². The molecule has 0 aliphatic carbocycles. The lowest BCUT2D eigenvalue weighted by molar-refractivity contribution is -0.132. The zero-order valence-electron chi connectivity index (χ0n) is 22.1. The first-order chi connectivity index (χ1) is 19.4. The topological polar surface area (TPSA) is 81.7 Å². The summed E-state index contributed by atoms with van der Waals surface area (Å²) in [5.74, 6) is -0.408. The fourth-order valence-electron chi connectivity index (χ4n) is 4.82. The van der Waals surface area contributed by atoms with E-state index >= 15 is 0 Å². The molecule has 1 amide bonds. The number of hydrogen-bond acceptors (Lipinski definition) is 5. The Balaban J connectivity index is 1.56. The number of benzene rings is 5. The number of ether oxygens (including phenoxy) is 2. The monoisotopic (exact) mass is 529 g/mol. The smallest absolute Gasteiger partial charge is 0.308 e. The summed E-state index contributed by atoms with van der Waals surface area (Å²) in [7, 11) is 0. The van der Waals surface area contributed by atoms with Gasteiger partial charge >= 0.3 is 11.9 Å². The van der Waals surface area contributed by atoms with Crippen LogP contribution in [-0.2, 0) is 9.59 Å². The van der Waals surface area contributed by atoms with E-state index in [1.807, 2.05) is 91.0 Å². The van der Waals surface area contributed by atoms with Gasteiger partial charge in [-0.15, -0.1) is 0 Å². The van der Waals surface area contributed by atoms with Crippen molar-refractivity contribution in [3.8, 4) is 11.5 Å². The molecule has 0 aliphatic heterocycles. The maximum Gasteiger partial charge on any atom is 0.308 e. The average molecular weight is 530 g/mol. The number of rotatable bonds is 7. The fourth-order valence-corrected chi connectivity index (χ4v) is 4.82. The van der Waals surface area contributed by atoms with Gasteiger partial charge in [0.15, 0.2) is 0 Å². The molecule has 1 N–H and O–H groups in total. The number of fused-ring (bicyclic) bond motifs is 1. The van der Waals surface area contributed by atoms with Crippen LogP contribution >= 0.6 is 0 Å². The van der Waals surface area contributed by atoms with E-state index in [2.05, 4.69) is 5.32 Å². The van der Waals surface area contributed by atoms with E-state index in [0.717, 1.165) is 27.5 Å². The first-order valence-corrected chi connectivity index (χ1v) is 12.8. The highest BCUT2D eigenvalue weighted by Crippen LogP contribution is 2.38. The number of anilines is 1. The van der Waals surface area contributed by atoms with Crippen LogP contribution in [0.2, 0.25) is 0 Å². The van der Waals surface area contributed by atoms with Crippen molar-refractivity contribution < 1.29 is 23.9 Å². The highest BCUT2D eigenvalue weighted by Gasteiger charge is 2.22. The molecule has 0 bridgehead atoms. The summed E-state index contributed by atoms with van der Waals surface area (Å²) in [5, 5.41) is 5.00. The third-order valence-electron chi connectivity index (χ3n) is 6.50. The number of nitrogens with one attached hydrogen (secondary N) is 1. The molecule has 198 valence electrons. The van der Waals surface area contributed by atoms with E-state index in [1.54, 1.807) is 24.3 Å². The van der Waals surface area contributed by atoms with Crippen molar-refractivity contribution in [2.75, 3.05) is 5.32 Å². The van der Waals surface area contributed by atoms with Crippen molar-refractivity contribution in [2.24, 2.45) is 0 Å². The molecule has 5 aromatic rings. The molecule has 0 radical (unpaired) electrons. The SMILES string of the molecule is CC(=O)Oc1ccc(C(c2ccc(OC(C)=O)cc2)c2ccccc2NC(=O)c2cccc3ccccc23)cc1. The lowest BCUT2D eigenvalue weighted by atomic mass is 9.84. The Morgan fingerprint density at radius 2 is 1.12 bits per heavy atom. The van der Waals surface area contributed by atoms with Gasteiger partial charge in [0.1, 0.15) is 11.5 Å². The molecule has 0 aliphatic rings. The summed E-state index contributed by atoms with van der Waals surface area (Å²) in [5.41, 5.74) is 3.96. The van der Waals surface area contributed by atoms with Crippen molar-refractivity contribution in [2.45, 2.75) is 19.8 Å². The summed E-state index contributed by atoms with van der Waals surface area (Å²) >= 11 is 0. The van der Waals surface area contributed by atoms with Crippen molar-refractivity contribution in [1.29, 1.82) is 0 Å². The van der Waals surface area contributed by atoms with Gasteiger partial charge in [0.05, 0.1) is 0 Å². The van der Waals surface area contributed by atoms with Crippen LogP contribution in [0.25, 0.3) is 10.8 Å². The van der Waals surface area contributed by atoms with Crippen LogP contribution in [0.5, 0.6) is 11.5 Å². The van der Waals surface area contributed by atoms with E-state index in [9.17, 15) is 14.4 Å². The standard InChI is InChI=1S/C34H27NO5/c1-22(36)39-27-18-14-25(15-19-27)33(26-16-20-28(21-17-26)40-23(2)37)31-11-5-6-13-32(31)35-34(38)30-12-7-9-24-8-3-4-10-29(24)30/h3-21,33H,1-2H3,(H,35,38). The molecule has 0 saturated heterocycles. The zero-order valence-corrected chi connectivity index (χ0v) is 22.1. The second kappa shape index (κ2) is 11.7. The van der Waals surface area contributed by atoms with Crippen molar-refractivity contribution >= 4 is 34.3 Å². The van der Waals surface area contributed by atoms with E-state index in [1.165, 1.54) is 13.8 Å². The van der Waals surface area contributed by atoms with Gasteiger partial charge in [-0.1, -0.05) is 78.9 Å². The Hall–Kier alpha value is -5.23. The van der Waals surface area contributed by atoms with Gasteiger partial charge in [0, 0.05) is 31.0 Å². The molecule has 40 heavy (non-hydrogen) atoms. The fraction of sp³-hybridized carbons (Fsp3) is 0.0882. The highest BCUT2D eigenvalue weighted by molar-refractivity contribution is 6.13. The van der Waals surface area contributed by atoms with Crippen LogP contribution in [0.4, 0.5) is 5.69 Å². The second-order valence-electron chi connectivity index (χ2n) is 9.33. The molecule has 0 unspecified atom stereocenters. The molecule has 0 aromatic heterocycles. The molecule has 5 rings (SSSR count). The van der Waals surface area contributed by atoms with Crippen LogP contribution in [0.3, 0.4) is 0 Å². The first-order valence-electron chi connectivity index (χ1n) is 12.8. The molecule has 6 nitrogen and oxygen atoms in total. The predicted molar refractivity (Wildman–Crippen MR) is 155 cm³/mol.